The lowest BCUT2D eigenvalue weighted by atomic mass is 9.88. The fraction of sp³-hybridized carbons (Fsp3) is 0.452. The molecule has 1 saturated heterocycles. The van der Waals surface area contributed by atoms with Gasteiger partial charge in [-0.2, -0.15) is 5.10 Å². The first-order chi connectivity index (χ1) is 20.0. The van der Waals surface area contributed by atoms with E-state index >= 15 is 0 Å². The predicted octanol–water partition coefficient (Wildman–Crippen LogP) is 5.24. The molecule has 2 atom stereocenters. The molecule has 1 aliphatic rings. The number of pyridine rings is 2. The van der Waals surface area contributed by atoms with E-state index < -0.39 is 5.92 Å². The lowest BCUT2D eigenvalue weighted by Crippen LogP contribution is -2.39. The van der Waals surface area contributed by atoms with Gasteiger partial charge in [-0.05, 0) is 66.0 Å². The van der Waals surface area contributed by atoms with E-state index in [-0.39, 0.29) is 29.2 Å². The molecule has 0 aliphatic carbocycles. The zero-order valence-corrected chi connectivity index (χ0v) is 26.2. The number of halogens is 1. The van der Waals surface area contributed by atoms with Crippen LogP contribution in [0.5, 0.6) is 0 Å². The number of rotatable bonds is 9. The molecule has 2 N–H and O–H groups in total. The molecule has 1 fully saturated rings. The second kappa shape index (κ2) is 12.6. The van der Waals surface area contributed by atoms with Crippen LogP contribution in [-0.2, 0) is 22.6 Å². The first-order valence-corrected chi connectivity index (χ1v) is 15.3. The summed E-state index contributed by atoms with van der Waals surface area (Å²) in [6, 6.07) is 7.60. The van der Waals surface area contributed by atoms with Crippen LogP contribution in [0, 0.1) is 11.3 Å². The molecular formula is C31H38ClN6O3P. The van der Waals surface area contributed by atoms with Crippen molar-refractivity contribution in [2.75, 3.05) is 19.6 Å². The zero-order valence-electron chi connectivity index (χ0n) is 24.3. The first-order valence-electron chi connectivity index (χ1n) is 14.4. The third-order valence-electron chi connectivity index (χ3n) is 7.97. The molecule has 42 heavy (non-hydrogen) atoms. The fourth-order valence-corrected chi connectivity index (χ4v) is 7.02. The average molecular weight is 609 g/mol. The van der Waals surface area contributed by atoms with E-state index in [0.29, 0.717) is 49.6 Å². The van der Waals surface area contributed by atoms with E-state index in [1.165, 1.54) is 0 Å². The molecule has 1 aromatic carbocycles. The minimum absolute atomic E-state index is 0.0420. The normalized spacial score (nSPS) is 15.5. The number of nitrogens with zero attached hydrogens (tertiary/aromatic N) is 4. The number of benzene rings is 1. The van der Waals surface area contributed by atoms with E-state index in [1.807, 2.05) is 29.2 Å². The predicted molar refractivity (Wildman–Crippen MR) is 169 cm³/mol. The van der Waals surface area contributed by atoms with Crippen molar-refractivity contribution in [1.29, 1.82) is 0 Å². The van der Waals surface area contributed by atoms with Gasteiger partial charge < -0.3 is 14.7 Å². The number of aromatic nitrogens is 4. The summed E-state index contributed by atoms with van der Waals surface area (Å²) >= 11 is 6.60. The molecule has 1 unspecified atom stereocenters. The lowest BCUT2D eigenvalue weighted by molar-refractivity contribution is -0.134. The first kappa shape index (κ1) is 30.3. The molecule has 9 nitrogen and oxygen atoms in total. The van der Waals surface area contributed by atoms with E-state index in [4.69, 9.17) is 11.6 Å². The van der Waals surface area contributed by atoms with Crippen molar-refractivity contribution in [2.45, 2.75) is 58.9 Å². The Balaban J connectivity index is 1.26. The van der Waals surface area contributed by atoms with Gasteiger partial charge in [0.25, 0.3) is 5.56 Å². The smallest absolute Gasteiger partial charge is 0.253 e. The largest absolute Gasteiger partial charge is 0.343 e. The van der Waals surface area contributed by atoms with E-state index in [9.17, 15) is 14.4 Å². The molecular weight excluding hydrogens is 571 g/mol. The van der Waals surface area contributed by atoms with Crippen molar-refractivity contribution >= 4 is 55.1 Å². The Kier molecular flexibility index (Phi) is 9.11. The number of carbonyl (C=O) groups is 2. The highest BCUT2D eigenvalue weighted by atomic mass is 35.5. The lowest BCUT2D eigenvalue weighted by Gasteiger charge is -2.32. The molecule has 4 heterocycles. The van der Waals surface area contributed by atoms with Crippen molar-refractivity contribution in [3.05, 3.63) is 68.7 Å². The number of aromatic amines is 2. The standard InChI is InChI=1S/C31H38ClN6O3P/c1-31(2,3)18-38(42)16-25-22(14-26(32)28-24(25)15-34-36-28)11-19(17-39)12-27(40)37-9-6-20(7-10-37)23-13-21-5-4-8-33-29(21)35-30(23)41/h4-5,8,13-15,17,19-20H,6-7,9-12,16,18,42H2,1-3H3,(H,34,36)(H,33,35,41)/t19-/m0/s1. The minimum atomic E-state index is -0.481. The second-order valence-electron chi connectivity index (χ2n) is 12.6. The molecule has 0 radical (unpaired) electrons. The highest BCUT2D eigenvalue weighted by molar-refractivity contribution is 7.13. The molecule has 11 heteroatoms. The Labute approximate surface area is 252 Å². The number of likely N-dealkylation sites (tertiary alicyclic amines) is 1. The Morgan fingerprint density at radius 2 is 2.05 bits per heavy atom. The van der Waals surface area contributed by atoms with Gasteiger partial charge in [-0.15, -0.1) is 0 Å². The fourth-order valence-electron chi connectivity index (χ4n) is 6.02. The molecule has 0 bridgehead atoms. The van der Waals surface area contributed by atoms with Crippen LogP contribution in [0.3, 0.4) is 0 Å². The van der Waals surface area contributed by atoms with Gasteiger partial charge in [0.1, 0.15) is 11.9 Å². The highest BCUT2D eigenvalue weighted by Gasteiger charge is 2.28. The Morgan fingerprint density at radius 3 is 2.76 bits per heavy atom. The zero-order chi connectivity index (χ0) is 30.0. The number of amides is 1. The molecule has 222 valence electrons. The van der Waals surface area contributed by atoms with E-state index in [1.54, 1.807) is 12.4 Å². The Morgan fingerprint density at radius 1 is 1.29 bits per heavy atom. The van der Waals surface area contributed by atoms with Crippen molar-refractivity contribution in [1.82, 2.24) is 29.7 Å². The summed E-state index contributed by atoms with van der Waals surface area (Å²) in [5, 5.41) is 9.57. The topological polar surface area (TPSA) is 115 Å². The quantitative estimate of drug-likeness (QED) is 0.198. The van der Waals surface area contributed by atoms with Gasteiger partial charge in [0.2, 0.25) is 5.91 Å². The average Bonchev–Trinajstić information content (AvgIpc) is 3.44. The number of carbonyl (C=O) groups excluding carboxylic acids is 2. The molecule has 0 spiro atoms. The van der Waals surface area contributed by atoms with Crippen LogP contribution in [-0.4, -0.2) is 61.6 Å². The van der Waals surface area contributed by atoms with Crippen molar-refractivity contribution < 1.29 is 9.59 Å². The van der Waals surface area contributed by atoms with Gasteiger partial charge in [0.05, 0.1) is 16.7 Å². The molecule has 1 amide bonds. The molecule has 1 aliphatic heterocycles. The van der Waals surface area contributed by atoms with Gasteiger partial charge in [-0.3, -0.25) is 19.4 Å². The van der Waals surface area contributed by atoms with Crippen molar-refractivity contribution in [3.8, 4) is 0 Å². The Hall–Kier alpha value is -3.13. The van der Waals surface area contributed by atoms with Gasteiger partial charge in [0, 0.05) is 61.1 Å². The van der Waals surface area contributed by atoms with Gasteiger partial charge in [-0.25, -0.2) is 4.98 Å². The summed E-state index contributed by atoms with van der Waals surface area (Å²) in [5.74, 6) is -0.455. The molecule has 3 aromatic heterocycles. The number of nitrogens with one attached hydrogen (secondary N) is 2. The summed E-state index contributed by atoms with van der Waals surface area (Å²) < 4.78 is 2.18. The number of hydrogen-bond acceptors (Lipinski definition) is 6. The maximum atomic E-state index is 13.3. The van der Waals surface area contributed by atoms with E-state index in [0.717, 1.165) is 45.8 Å². The monoisotopic (exact) mass is 608 g/mol. The number of hydrogen-bond donors (Lipinski definition) is 2. The number of piperidine rings is 1. The van der Waals surface area contributed by atoms with Crippen LogP contribution in [0.15, 0.2) is 41.5 Å². The summed E-state index contributed by atoms with van der Waals surface area (Å²) in [4.78, 5) is 47.2. The summed E-state index contributed by atoms with van der Waals surface area (Å²) in [5.41, 5.74) is 4.07. The molecule has 0 saturated carbocycles. The van der Waals surface area contributed by atoms with Gasteiger partial charge in [0.15, 0.2) is 0 Å². The number of aldehydes is 1. The molecule has 5 rings (SSSR count). The third-order valence-corrected chi connectivity index (χ3v) is 8.64. The minimum Gasteiger partial charge on any atom is -0.343 e. The van der Waals surface area contributed by atoms with Crippen LogP contribution in [0.4, 0.5) is 0 Å². The van der Waals surface area contributed by atoms with Crippen LogP contribution >= 0.6 is 21.0 Å². The maximum Gasteiger partial charge on any atom is 0.253 e. The summed E-state index contributed by atoms with van der Waals surface area (Å²) in [7, 11) is 2.81. The highest BCUT2D eigenvalue weighted by Crippen LogP contribution is 2.33. The third kappa shape index (κ3) is 6.91. The van der Waals surface area contributed by atoms with Crippen molar-refractivity contribution in [2.24, 2.45) is 11.3 Å². The van der Waals surface area contributed by atoms with Gasteiger partial charge >= 0.3 is 0 Å². The van der Waals surface area contributed by atoms with Crippen LogP contribution in [0.1, 0.15) is 62.6 Å². The summed E-state index contributed by atoms with van der Waals surface area (Å²) in [6.07, 6.45) is 6.25. The SMILES string of the molecule is CC(C)(C)CN(P)Cc1c(C[C@H](C=O)CC(=O)N2CCC(c3cc4cccnc4[nH]c3=O)CC2)cc(Cl)c2[nH]ncc12. The number of fused-ring (bicyclic) bond motifs is 2. The summed E-state index contributed by atoms with van der Waals surface area (Å²) in [6.45, 7) is 9.16. The van der Waals surface area contributed by atoms with E-state index in [2.05, 4.69) is 55.0 Å². The van der Waals surface area contributed by atoms with Crippen LogP contribution < -0.4 is 5.56 Å². The van der Waals surface area contributed by atoms with Crippen LogP contribution in [0.2, 0.25) is 5.02 Å². The second-order valence-corrected chi connectivity index (χ2v) is 13.7. The molecule has 4 aromatic rings. The number of H-pyrrole nitrogens is 2. The van der Waals surface area contributed by atoms with Gasteiger partial charge in [-0.1, -0.05) is 41.8 Å². The maximum absolute atomic E-state index is 13.3. The van der Waals surface area contributed by atoms with Crippen molar-refractivity contribution in [3.63, 3.8) is 0 Å². The Bertz CT molecular complexity index is 1650. The van der Waals surface area contributed by atoms with Crippen LogP contribution in [0.25, 0.3) is 21.9 Å².